The quantitative estimate of drug-likeness (QED) is 0.898. The molecule has 2 N–H and O–H groups in total. The maximum absolute atomic E-state index is 12.5. The number of rotatable bonds is 4. The number of urea groups is 1. The SMILES string of the molecule is CC1CCC(NC(=O)N(C)CC2(CO)CC2)c2ccccc21. The van der Waals surface area contributed by atoms with Gasteiger partial charge in [-0.2, -0.15) is 0 Å². The molecule has 0 aromatic heterocycles. The van der Waals surface area contributed by atoms with E-state index in [1.165, 1.54) is 11.1 Å². The largest absolute Gasteiger partial charge is 0.396 e. The van der Waals surface area contributed by atoms with E-state index in [9.17, 15) is 9.90 Å². The minimum absolute atomic E-state index is 0.0333. The summed E-state index contributed by atoms with van der Waals surface area (Å²) < 4.78 is 0. The van der Waals surface area contributed by atoms with Crippen molar-refractivity contribution in [3.63, 3.8) is 0 Å². The van der Waals surface area contributed by atoms with E-state index in [4.69, 9.17) is 0 Å². The molecule has 3 rings (SSSR count). The van der Waals surface area contributed by atoms with Crippen LogP contribution >= 0.6 is 0 Å². The van der Waals surface area contributed by atoms with Crippen LogP contribution in [-0.2, 0) is 0 Å². The van der Waals surface area contributed by atoms with E-state index < -0.39 is 0 Å². The average Bonchev–Trinajstić information content (AvgIpc) is 3.30. The summed E-state index contributed by atoms with van der Waals surface area (Å²) in [6, 6.07) is 8.49. The van der Waals surface area contributed by atoms with Gasteiger partial charge in [-0.15, -0.1) is 0 Å². The van der Waals surface area contributed by atoms with Gasteiger partial charge in [0.1, 0.15) is 0 Å². The van der Waals surface area contributed by atoms with Crippen LogP contribution < -0.4 is 5.32 Å². The lowest BCUT2D eigenvalue weighted by Crippen LogP contribution is -2.43. The van der Waals surface area contributed by atoms with Gasteiger partial charge in [-0.1, -0.05) is 31.2 Å². The van der Waals surface area contributed by atoms with Crippen LogP contribution in [0.3, 0.4) is 0 Å². The monoisotopic (exact) mass is 302 g/mol. The molecule has 2 unspecified atom stereocenters. The van der Waals surface area contributed by atoms with Gasteiger partial charge >= 0.3 is 6.03 Å². The Balaban J connectivity index is 1.66. The molecule has 2 amide bonds. The zero-order valence-corrected chi connectivity index (χ0v) is 13.5. The fourth-order valence-corrected chi connectivity index (χ4v) is 3.53. The summed E-state index contributed by atoms with van der Waals surface area (Å²) in [7, 11) is 1.82. The Labute approximate surface area is 132 Å². The third-order valence-electron chi connectivity index (χ3n) is 5.30. The first-order valence-electron chi connectivity index (χ1n) is 8.26. The Morgan fingerprint density at radius 3 is 2.64 bits per heavy atom. The third kappa shape index (κ3) is 2.98. The molecule has 4 nitrogen and oxygen atoms in total. The molecule has 0 radical (unpaired) electrons. The van der Waals surface area contributed by atoms with Gasteiger partial charge in [-0.25, -0.2) is 4.79 Å². The number of carbonyl (C=O) groups excluding carboxylic acids is 1. The Kier molecular flexibility index (Phi) is 4.13. The van der Waals surface area contributed by atoms with Gasteiger partial charge in [0.15, 0.2) is 0 Å². The molecule has 2 aliphatic rings. The molecule has 2 aliphatic carbocycles. The molecular formula is C18H26N2O2. The maximum Gasteiger partial charge on any atom is 0.317 e. The highest BCUT2D eigenvalue weighted by Gasteiger charge is 2.43. The fraction of sp³-hybridized carbons (Fsp3) is 0.611. The first kappa shape index (κ1) is 15.3. The van der Waals surface area contributed by atoms with Gasteiger partial charge in [-0.05, 0) is 42.7 Å². The van der Waals surface area contributed by atoms with Crippen LogP contribution in [0, 0.1) is 5.41 Å². The summed E-state index contributed by atoms with van der Waals surface area (Å²) >= 11 is 0. The van der Waals surface area contributed by atoms with Crippen LogP contribution in [0.15, 0.2) is 24.3 Å². The Bertz CT molecular complexity index is 554. The number of fused-ring (bicyclic) bond motifs is 1. The normalized spacial score (nSPS) is 25.2. The third-order valence-corrected chi connectivity index (χ3v) is 5.30. The topological polar surface area (TPSA) is 52.6 Å². The standard InChI is InChI=1S/C18H26N2O2/c1-13-7-8-16(15-6-4-3-5-14(13)15)19-17(22)20(2)11-18(12-21)9-10-18/h3-6,13,16,21H,7-12H2,1-2H3,(H,19,22). The van der Waals surface area contributed by atoms with E-state index in [1.54, 1.807) is 4.90 Å². The van der Waals surface area contributed by atoms with Gasteiger partial charge in [-0.3, -0.25) is 0 Å². The molecule has 1 aromatic rings. The lowest BCUT2D eigenvalue weighted by Gasteiger charge is -2.32. The van der Waals surface area contributed by atoms with E-state index in [0.717, 1.165) is 25.7 Å². The molecule has 2 atom stereocenters. The second kappa shape index (κ2) is 5.92. The van der Waals surface area contributed by atoms with Crippen molar-refractivity contribution in [1.82, 2.24) is 10.2 Å². The Morgan fingerprint density at radius 2 is 2.00 bits per heavy atom. The summed E-state index contributed by atoms with van der Waals surface area (Å²) in [4.78, 5) is 14.2. The lowest BCUT2D eigenvalue weighted by atomic mass is 9.81. The van der Waals surface area contributed by atoms with E-state index in [1.807, 2.05) is 13.1 Å². The smallest absolute Gasteiger partial charge is 0.317 e. The van der Waals surface area contributed by atoms with Crippen LogP contribution in [0.25, 0.3) is 0 Å². The van der Waals surface area contributed by atoms with E-state index in [0.29, 0.717) is 12.5 Å². The number of hydrogen-bond donors (Lipinski definition) is 2. The molecule has 0 saturated heterocycles. The zero-order chi connectivity index (χ0) is 15.7. The number of amides is 2. The summed E-state index contributed by atoms with van der Waals surface area (Å²) in [5.74, 6) is 0.561. The molecule has 22 heavy (non-hydrogen) atoms. The molecule has 0 bridgehead atoms. The number of carbonyl (C=O) groups is 1. The van der Waals surface area contributed by atoms with Crippen molar-refractivity contribution in [3.8, 4) is 0 Å². The van der Waals surface area contributed by atoms with Crippen molar-refractivity contribution >= 4 is 6.03 Å². The van der Waals surface area contributed by atoms with Gasteiger partial charge < -0.3 is 15.3 Å². The first-order chi connectivity index (χ1) is 10.5. The predicted molar refractivity (Wildman–Crippen MR) is 86.7 cm³/mol. The van der Waals surface area contributed by atoms with Crippen molar-refractivity contribution in [3.05, 3.63) is 35.4 Å². The predicted octanol–water partition coefficient (Wildman–Crippen LogP) is 3.04. The van der Waals surface area contributed by atoms with Gasteiger partial charge in [0.05, 0.1) is 12.6 Å². The van der Waals surface area contributed by atoms with E-state index >= 15 is 0 Å². The Hall–Kier alpha value is -1.55. The zero-order valence-electron chi connectivity index (χ0n) is 13.5. The lowest BCUT2D eigenvalue weighted by molar-refractivity contribution is 0.159. The number of aliphatic hydroxyl groups excluding tert-OH is 1. The fourth-order valence-electron chi connectivity index (χ4n) is 3.53. The first-order valence-corrected chi connectivity index (χ1v) is 8.26. The molecule has 1 fully saturated rings. The summed E-state index contributed by atoms with van der Waals surface area (Å²) in [5, 5.41) is 12.6. The summed E-state index contributed by atoms with van der Waals surface area (Å²) in [6.07, 6.45) is 4.13. The van der Waals surface area contributed by atoms with Crippen molar-refractivity contribution in [2.45, 2.75) is 44.6 Å². The van der Waals surface area contributed by atoms with E-state index in [-0.39, 0.29) is 24.1 Å². The van der Waals surface area contributed by atoms with Gasteiger partial charge in [0.2, 0.25) is 0 Å². The van der Waals surface area contributed by atoms with Crippen LogP contribution in [0.5, 0.6) is 0 Å². The van der Waals surface area contributed by atoms with Crippen molar-refractivity contribution in [2.24, 2.45) is 5.41 Å². The van der Waals surface area contributed by atoms with Gasteiger partial charge in [0.25, 0.3) is 0 Å². The average molecular weight is 302 g/mol. The molecule has 1 saturated carbocycles. The van der Waals surface area contributed by atoms with Crippen LogP contribution in [0.4, 0.5) is 4.79 Å². The second-order valence-corrected chi connectivity index (χ2v) is 7.12. The second-order valence-electron chi connectivity index (χ2n) is 7.12. The molecule has 1 aromatic carbocycles. The molecule has 120 valence electrons. The van der Waals surface area contributed by atoms with Crippen molar-refractivity contribution < 1.29 is 9.90 Å². The minimum Gasteiger partial charge on any atom is -0.396 e. The number of benzene rings is 1. The number of hydrogen-bond acceptors (Lipinski definition) is 2. The van der Waals surface area contributed by atoms with Crippen LogP contribution in [0.1, 0.15) is 55.7 Å². The summed E-state index contributed by atoms with van der Waals surface area (Å²) in [6.45, 7) is 3.07. The number of aliphatic hydroxyl groups is 1. The van der Waals surface area contributed by atoms with Crippen molar-refractivity contribution in [2.75, 3.05) is 20.2 Å². The van der Waals surface area contributed by atoms with Gasteiger partial charge in [0, 0.05) is 19.0 Å². The Morgan fingerprint density at radius 1 is 1.32 bits per heavy atom. The highest BCUT2D eigenvalue weighted by molar-refractivity contribution is 5.74. The molecule has 0 aliphatic heterocycles. The van der Waals surface area contributed by atoms with E-state index in [2.05, 4.69) is 30.4 Å². The highest BCUT2D eigenvalue weighted by Crippen LogP contribution is 2.45. The highest BCUT2D eigenvalue weighted by atomic mass is 16.3. The summed E-state index contributed by atoms with van der Waals surface area (Å²) in [5.41, 5.74) is 2.58. The molecule has 0 heterocycles. The van der Waals surface area contributed by atoms with Crippen LogP contribution in [-0.4, -0.2) is 36.2 Å². The minimum atomic E-state index is -0.0366. The molecule has 4 heteroatoms. The number of nitrogens with zero attached hydrogens (tertiary/aromatic N) is 1. The number of nitrogens with one attached hydrogen (secondary N) is 1. The molecular weight excluding hydrogens is 276 g/mol. The molecule has 0 spiro atoms. The van der Waals surface area contributed by atoms with Crippen LogP contribution in [0.2, 0.25) is 0 Å². The maximum atomic E-state index is 12.5. The van der Waals surface area contributed by atoms with Crippen molar-refractivity contribution in [1.29, 1.82) is 0 Å².